The maximum atomic E-state index is 9.29. The van der Waals surface area contributed by atoms with Gasteiger partial charge in [0.1, 0.15) is 11.4 Å². The van der Waals surface area contributed by atoms with Gasteiger partial charge < -0.3 is 4.74 Å². The third-order valence-corrected chi connectivity index (χ3v) is 5.88. The molecular weight excluding hydrogens is 423 g/mol. The van der Waals surface area contributed by atoms with Gasteiger partial charge in [-0.3, -0.25) is 0 Å². The average molecular weight is 437 g/mol. The number of hydrogen-bond acceptors (Lipinski definition) is 3. The molecule has 0 bridgehead atoms. The number of pyridine rings is 1. The van der Waals surface area contributed by atoms with E-state index in [4.69, 9.17) is 4.74 Å². The molecule has 0 fully saturated rings. The van der Waals surface area contributed by atoms with Crippen LogP contribution in [0.2, 0.25) is 0 Å². The predicted molar refractivity (Wildman–Crippen MR) is 91.8 cm³/mol. The summed E-state index contributed by atoms with van der Waals surface area (Å²) in [4.78, 5) is 4.20. The summed E-state index contributed by atoms with van der Waals surface area (Å²) in [7, 11) is 1.66. The summed E-state index contributed by atoms with van der Waals surface area (Å²) in [6, 6.07) is 21.8. The van der Waals surface area contributed by atoms with Crippen LogP contribution < -0.4 is 25.9 Å². The Balaban J connectivity index is 1.87. The van der Waals surface area contributed by atoms with Gasteiger partial charge in [-0.05, 0) is 48.4 Å². The third kappa shape index (κ3) is 4.82. The SMILES string of the molecule is COc1ccc([I+]c2cc(C#N)cc(C#Cc3ccccn3)c2)cc1. The Morgan fingerprint density at radius 1 is 0.920 bits per heavy atom. The molecule has 1 heterocycles. The molecule has 120 valence electrons. The predicted octanol–water partition coefficient (Wildman–Crippen LogP) is 0.490. The van der Waals surface area contributed by atoms with Crippen LogP contribution in [0.15, 0.2) is 66.9 Å². The van der Waals surface area contributed by atoms with Crippen molar-refractivity contribution in [3.8, 4) is 23.7 Å². The monoisotopic (exact) mass is 437 g/mol. The number of halogens is 1. The summed E-state index contributed by atoms with van der Waals surface area (Å²) in [5, 5.41) is 9.29. The Labute approximate surface area is 157 Å². The van der Waals surface area contributed by atoms with E-state index in [0.717, 1.165) is 20.6 Å². The van der Waals surface area contributed by atoms with Crippen LogP contribution in [0.1, 0.15) is 16.8 Å². The van der Waals surface area contributed by atoms with E-state index in [2.05, 4.69) is 41.1 Å². The quantitative estimate of drug-likeness (QED) is 0.443. The second-order valence-electron chi connectivity index (χ2n) is 5.06. The van der Waals surface area contributed by atoms with Gasteiger partial charge in [0, 0.05) is 23.9 Å². The number of hydrogen-bond donors (Lipinski definition) is 0. The lowest BCUT2D eigenvalue weighted by atomic mass is 10.1. The molecule has 1 aromatic heterocycles. The van der Waals surface area contributed by atoms with Crippen molar-refractivity contribution < 1.29 is 25.9 Å². The van der Waals surface area contributed by atoms with Crippen molar-refractivity contribution in [1.82, 2.24) is 4.98 Å². The Hall–Kier alpha value is -2.83. The molecule has 3 nitrogen and oxygen atoms in total. The summed E-state index contributed by atoms with van der Waals surface area (Å²) in [5.74, 6) is 7.01. The van der Waals surface area contributed by atoms with Crippen molar-refractivity contribution in [2.75, 3.05) is 7.11 Å². The van der Waals surface area contributed by atoms with Crippen LogP contribution in [0.25, 0.3) is 0 Å². The van der Waals surface area contributed by atoms with Crippen molar-refractivity contribution in [2.45, 2.75) is 0 Å². The van der Waals surface area contributed by atoms with Gasteiger partial charge in [-0.15, -0.1) is 0 Å². The Morgan fingerprint density at radius 2 is 1.72 bits per heavy atom. The molecule has 0 spiro atoms. The largest absolute Gasteiger partial charge is 0.497 e. The molecule has 0 saturated carbocycles. The molecule has 0 radical (unpaired) electrons. The fraction of sp³-hybridized carbons (Fsp3) is 0.0476. The summed E-state index contributed by atoms with van der Waals surface area (Å²) in [5.41, 5.74) is 2.19. The molecule has 0 amide bonds. The fourth-order valence-corrected chi connectivity index (χ4v) is 4.53. The molecule has 0 atom stereocenters. The van der Waals surface area contributed by atoms with Crippen molar-refractivity contribution in [2.24, 2.45) is 0 Å². The molecule has 3 aromatic rings. The second kappa shape index (κ2) is 8.32. The normalized spacial score (nSPS) is 9.60. The summed E-state index contributed by atoms with van der Waals surface area (Å²) in [6.45, 7) is 0. The van der Waals surface area contributed by atoms with E-state index in [0.29, 0.717) is 5.56 Å². The zero-order valence-corrected chi connectivity index (χ0v) is 15.7. The number of aromatic nitrogens is 1. The van der Waals surface area contributed by atoms with E-state index in [-0.39, 0.29) is 21.2 Å². The molecule has 2 aromatic carbocycles. The summed E-state index contributed by atoms with van der Waals surface area (Å²) >= 11 is -0.386. The maximum Gasteiger partial charge on any atom is 0.357 e. The van der Waals surface area contributed by atoms with Crippen molar-refractivity contribution >= 4 is 0 Å². The first kappa shape index (κ1) is 17.0. The van der Waals surface area contributed by atoms with Gasteiger partial charge in [-0.1, -0.05) is 12.0 Å². The first-order valence-corrected chi connectivity index (χ1v) is 9.70. The van der Waals surface area contributed by atoms with E-state index in [9.17, 15) is 5.26 Å². The summed E-state index contributed by atoms with van der Waals surface area (Å²) < 4.78 is 7.62. The highest BCUT2D eigenvalue weighted by molar-refractivity contribution is 5.44. The van der Waals surface area contributed by atoms with Crippen LogP contribution in [-0.2, 0) is 0 Å². The number of benzene rings is 2. The minimum Gasteiger partial charge on any atom is -0.497 e. The second-order valence-corrected chi connectivity index (χ2v) is 8.09. The van der Waals surface area contributed by atoms with E-state index in [1.54, 1.807) is 13.3 Å². The highest BCUT2D eigenvalue weighted by atomic mass is 127. The minimum atomic E-state index is -0.386. The zero-order valence-electron chi connectivity index (χ0n) is 13.5. The van der Waals surface area contributed by atoms with Crippen LogP contribution in [0.3, 0.4) is 0 Å². The van der Waals surface area contributed by atoms with Crippen molar-refractivity contribution in [3.05, 3.63) is 90.8 Å². The van der Waals surface area contributed by atoms with Gasteiger partial charge in [-0.25, -0.2) is 4.98 Å². The van der Waals surface area contributed by atoms with Crippen molar-refractivity contribution in [1.29, 1.82) is 5.26 Å². The molecule has 4 heteroatoms. The van der Waals surface area contributed by atoms with Crippen LogP contribution in [-0.4, -0.2) is 12.1 Å². The third-order valence-electron chi connectivity index (χ3n) is 3.29. The van der Waals surface area contributed by atoms with Gasteiger partial charge in [0.05, 0.1) is 18.7 Å². The van der Waals surface area contributed by atoms with E-state index >= 15 is 0 Å². The number of methoxy groups -OCH3 is 1. The first-order valence-electron chi connectivity index (χ1n) is 7.54. The smallest absolute Gasteiger partial charge is 0.357 e. The number of rotatable bonds is 3. The van der Waals surface area contributed by atoms with Crippen LogP contribution in [0.5, 0.6) is 5.75 Å². The molecule has 0 aliphatic carbocycles. The molecule has 0 aliphatic rings. The minimum absolute atomic E-state index is 0.386. The van der Waals surface area contributed by atoms with E-state index < -0.39 is 0 Å². The lowest BCUT2D eigenvalue weighted by molar-refractivity contribution is -0.597. The number of nitrogens with zero attached hydrogens (tertiary/aromatic N) is 2. The molecule has 25 heavy (non-hydrogen) atoms. The molecule has 0 saturated heterocycles. The lowest BCUT2D eigenvalue weighted by Gasteiger charge is -1.96. The fourth-order valence-electron chi connectivity index (χ4n) is 2.11. The van der Waals surface area contributed by atoms with Gasteiger partial charge in [0.15, 0.2) is 7.14 Å². The van der Waals surface area contributed by atoms with E-state index in [1.807, 2.05) is 42.5 Å². The van der Waals surface area contributed by atoms with Gasteiger partial charge >= 0.3 is 21.2 Å². The zero-order chi connectivity index (χ0) is 17.5. The maximum absolute atomic E-state index is 9.29. The highest BCUT2D eigenvalue weighted by Gasteiger charge is 2.17. The first-order chi connectivity index (χ1) is 12.3. The Morgan fingerprint density at radius 3 is 2.40 bits per heavy atom. The molecular formula is C21H14IN2O+. The van der Waals surface area contributed by atoms with E-state index in [1.165, 1.54) is 3.57 Å². The van der Waals surface area contributed by atoms with Gasteiger partial charge in [-0.2, -0.15) is 5.26 Å². The lowest BCUT2D eigenvalue weighted by Crippen LogP contribution is -3.61. The van der Waals surface area contributed by atoms with Crippen LogP contribution >= 0.6 is 0 Å². The molecule has 3 rings (SSSR count). The highest BCUT2D eigenvalue weighted by Crippen LogP contribution is 2.07. The Bertz CT molecular complexity index is 965. The van der Waals surface area contributed by atoms with Crippen LogP contribution in [0, 0.1) is 30.3 Å². The summed E-state index contributed by atoms with van der Waals surface area (Å²) in [6.07, 6.45) is 1.72. The van der Waals surface area contributed by atoms with Gasteiger partial charge in [0.25, 0.3) is 0 Å². The van der Waals surface area contributed by atoms with Crippen LogP contribution in [0.4, 0.5) is 0 Å². The number of nitriles is 1. The topological polar surface area (TPSA) is 45.9 Å². The number of ether oxygens (including phenoxy) is 1. The molecule has 0 N–H and O–H groups in total. The molecule has 0 unspecified atom stereocenters. The Kier molecular flexibility index (Phi) is 5.66. The van der Waals surface area contributed by atoms with Gasteiger partial charge in [0.2, 0.25) is 0 Å². The average Bonchev–Trinajstić information content (AvgIpc) is 2.67. The van der Waals surface area contributed by atoms with Crippen molar-refractivity contribution in [3.63, 3.8) is 0 Å². The standard InChI is InChI=1S/C21H14IN2O/c1-25-21-9-6-18(7-10-21)22-19-13-16(12-17(14-19)15-23)5-8-20-4-2-3-11-24-20/h2-4,6-7,9-14H,1H3/q+1. The molecule has 0 aliphatic heterocycles.